The molecule has 0 atom stereocenters. The lowest BCUT2D eigenvalue weighted by molar-refractivity contribution is -0.114. The zero-order valence-corrected chi connectivity index (χ0v) is 13.4. The molecule has 0 spiro atoms. The topological polar surface area (TPSA) is 23.6 Å². The Labute approximate surface area is 128 Å². The van der Waals surface area contributed by atoms with Crippen molar-refractivity contribution in [3.63, 3.8) is 0 Å². The molecule has 0 saturated carbocycles. The minimum atomic E-state index is 0. The summed E-state index contributed by atoms with van der Waals surface area (Å²) in [6.07, 6.45) is 4.13. The van der Waals surface area contributed by atoms with Crippen molar-refractivity contribution >= 4 is 24.3 Å². The molecule has 1 aromatic carbocycles. The van der Waals surface area contributed by atoms with E-state index in [0.717, 1.165) is 25.2 Å². The number of rotatable bonds is 8. The van der Waals surface area contributed by atoms with Crippen molar-refractivity contribution in [3.8, 4) is 0 Å². The molecule has 0 saturated heterocycles. The number of halogens is 1. The molecule has 0 aliphatic carbocycles. The van der Waals surface area contributed by atoms with E-state index in [-0.39, 0.29) is 18.2 Å². The predicted octanol–water partition coefficient (Wildman–Crippen LogP) is 2.57. The number of hydrogen-bond donors (Lipinski definition) is 0. The highest BCUT2D eigenvalue weighted by atomic mass is 35.5. The maximum Gasteiger partial charge on any atom is 0.156 e. The van der Waals surface area contributed by atoms with Gasteiger partial charge in [-0.2, -0.15) is 0 Å². The lowest BCUT2D eigenvalue weighted by atomic mass is 10.2. The number of carbonyl (C=O) groups excluding carboxylic acids is 1. The van der Waals surface area contributed by atoms with Gasteiger partial charge in [-0.15, -0.1) is 12.4 Å². The van der Waals surface area contributed by atoms with Gasteiger partial charge in [0.1, 0.15) is 0 Å². The van der Waals surface area contributed by atoms with Gasteiger partial charge in [0, 0.05) is 26.1 Å². The molecule has 4 heteroatoms. The van der Waals surface area contributed by atoms with Crippen LogP contribution in [-0.4, -0.2) is 56.4 Å². The van der Waals surface area contributed by atoms with E-state index < -0.39 is 0 Å². The van der Waals surface area contributed by atoms with Gasteiger partial charge in [-0.3, -0.25) is 4.79 Å². The third-order valence-corrected chi connectivity index (χ3v) is 2.93. The van der Waals surface area contributed by atoms with Crippen LogP contribution in [0.4, 0.5) is 0 Å². The highest BCUT2D eigenvalue weighted by molar-refractivity contribution is 5.93. The molecule has 3 nitrogen and oxygen atoms in total. The van der Waals surface area contributed by atoms with Gasteiger partial charge in [-0.05, 0) is 32.8 Å². The summed E-state index contributed by atoms with van der Waals surface area (Å²) >= 11 is 0. The number of likely N-dealkylation sites (N-methyl/N-ethyl adjacent to an activating group) is 2. The van der Waals surface area contributed by atoms with Crippen LogP contribution in [0.25, 0.3) is 6.08 Å². The normalized spacial score (nSPS) is 11.1. The van der Waals surface area contributed by atoms with Crippen molar-refractivity contribution in [2.75, 3.05) is 40.8 Å². The molecule has 20 heavy (non-hydrogen) atoms. The second-order valence-corrected chi connectivity index (χ2v) is 5.07. The van der Waals surface area contributed by atoms with E-state index in [0.29, 0.717) is 6.42 Å². The number of nitrogens with zero attached hydrogens (tertiary/aromatic N) is 2. The fourth-order valence-electron chi connectivity index (χ4n) is 1.62. The Balaban J connectivity index is 0.00000361. The molecular weight excluding hydrogens is 272 g/mol. The monoisotopic (exact) mass is 296 g/mol. The second kappa shape index (κ2) is 10.6. The quantitative estimate of drug-likeness (QED) is 0.689. The Morgan fingerprint density at radius 3 is 2.30 bits per heavy atom. The maximum absolute atomic E-state index is 11.7. The number of ketones is 1. The fraction of sp³-hybridized carbons (Fsp3) is 0.438. The van der Waals surface area contributed by atoms with Gasteiger partial charge in [0.05, 0.1) is 0 Å². The third-order valence-electron chi connectivity index (χ3n) is 2.93. The predicted molar refractivity (Wildman–Crippen MR) is 88.4 cm³/mol. The molecule has 0 unspecified atom stereocenters. The highest BCUT2D eigenvalue weighted by Crippen LogP contribution is 2.01. The lowest BCUT2D eigenvalue weighted by Gasteiger charge is -2.18. The standard InChI is InChI=1S/C16H24N2O.ClH/c1-17(2)13-14-18(3)12-11-16(19)10-9-15-7-5-4-6-8-15;/h4-10H,11-14H2,1-3H3;1H. The Morgan fingerprint density at radius 2 is 1.70 bits per heavy atom. The van der Waals surface area contributed by atoms with Gasteiger partial charge in [0.15, 0.2) is 5.78 Å². The first kappa shape index (κ1) is 18.8. The van der Waals surface area contributed by atoms with Gasteiger partial charge in [0.2, 0.25) is 0 Å². The number of carbonyl (C=O) groups is 1. The van der Waals surface area contributed by atoms with Gasteiger partial charge >= 0.3 is 0 Å². The van der Waals surface area contributed by atoms with Gasteiger partial charge in [0.25, 0.3) is 0 Å². The first-order chi connectivity index (χ1) is 9.08. The van der Waals surface area contributed by atoms with E-state index in [1.807, 2.05) is 36.4 Å². The molecule has 1 rings (SSSR count). The summed E-state index contributed by atoms with van der Waals surface area (Å²) in [5.74, 6) is 0.181. The summed E-state index contributed by atoms with van der Waals surface area (Å²) in [5, 5.41) is 0. The summed E-state index contributed by atoms with van der Waals surface area (Å²) in [6, 6.07) is 9.90. The van der Waals surface area contributed by atoms with Crippen LogP contribution in [0.2, 0.25) is 0 Å². The summed E-state index contributed by atoms with van der Waals surface area (Å²) in [4.78, 5) is 16.1. The third kappa shape index (κ3) is 8.86. The van der Waals surface area contributed by atoms with Crippen LogP contribution in [0.5, 0.6) is 0 Å². The largest absolute Gasteiger partial charge is 0.308 e. The van der Waals surface area contributed by atoms with Crippen LogP contribution < -0.4 is 0 Å². The lowest BCUT2D eigenvalue weighted by Crippen LogP contribution is -2.30. The highest BCUT2D eigenvalue weighted by Gasteiger charge is 2.02. The van der Waals surface area contributed by atoms with Crippen LogP contribution in [0.15, 0.2) is 36.4 Å². The molecule has 112 valence electrons. The number of allylic oxidation sites excluding steroid dienone is 1. The summed E-state index contributed by atoms with van der Waals surface area (Å²) in [7, 11) is 6.17. The second-order valence-electron chi connectivity index (χ2n) is 5.07. The number of hydrogen-bond acceptors (Lipinski definition) is 3. The van der Waals surface area contributed by atoms with Gasteiger partial charge in [-0.1, -0.05) is 36.4 Å². The minimum Gasteiger partial charge on any atom is -0.308 e. The smallest absolute Gasteiger partial charge is 0.156 e. The zero-order chi connectivity index (χ0) is 14.1. The van der Waals surface area contributed by atoms with Crippen molar-refractivity contribution in [2.24, 2.45) is 0 Å². The summed E-state index contributed by atoms with van der Waals surface area (Å²) in [5.41, 5.74) is 1.07. The maximum atomic E-state index is 11.7. The van der Waals surface area contributed by atoms with Crippen LogP contribution in [-0.2, 0) is 4.79 Å². The molecule has 0 aliphatic heterocycles. The molecule has 0 aromatic heterocycles. The van der Waals surface area contributed by atoms with Crippen molar-refractivity contribution in [1.82, 2.24) is 9.80 Å². The van der Waals surface area contributed by atoms with E-state index in [1.54, 1.807) is 6.08 Å². The van der Waals surface area contributed by atoms with Gasteiger partial charge in [-0.25, -0.2) is 0 Å². The van der Waals surface area contributed by atoms with Crippen LogP contribution in [0.1, 0.15) is 12.0 Å². The van der Waals surface area contributed by atoms with Crippen molar-refractivity contribution < 1.29 is 4.79 Å². The average molecular weight is 297 g/mol. The average Bonchev–Trinajstić information content (AvgIpc) is 2.41. The molecule has 0 heterocycles. The van der Waals surface area contributed by atoms with Crippen molar-refractivity contribution in [2.45, 2.75) is 6.42 Å². The number of benzene rings is 1. The Bertz CT molecular complexity index is 404. The first-order valence-electron chi connectivity index (χ1n) is 6.67. The van der Waals surface area contributed by atoms with E-state index in [1.165, 1.54) is 0 Å². The Hall–Kier alpha value is -1.16. The van der Waals surface area contributed by atoms with E-state index in [9.17, 15) is 4.79 Å². The van der Waals surface area contributed by atoms with Crippen molar-refractivity contribution in [3.05, 3.63) is 42.0 Å². The fourth-order valence-corrected chi connectivity index (χ4v) is 1.62. The summed E-state index contributed by atoms with van der Waals surface area (Å²) < 4.78 is 0. The SMILES string of the molecule is CN(C)CCN(C)CCC(=O)C=Cc1ccccc1.Cl. The Morgan fingerprint density at radius 1 is 1.05 bits per heavy atom. The van der Waals surface area contributed by atoms with Crippen LogP contribution in [0.3, 0.4) is 0 Å². The van der Waals surface area contributed by atoms with E-state index in [2.05, 4.69) is 30.9 Å². The molecule has 0 bridgehead atoms. The molecular formula is C16H25ClN2O. The summed E-state index contributed by atoms with van der Waals surface area (Å²) in [6.45, 7) is 2.82. The van der Waals surface area contributed by atoms with Crippen molar-refractivity contribution in [1.29, 1.82) is 0 Å². The molecule has 0 radical (unpaired) electrons. The van der Waals surface area contributed by atoms with E-state index >= 15 is 0 Å². The van der Waals surface area contributed by atoms with E-state index in [4.69, 9.17) is 0 Å². The molecule has 0 N–H and O–H groups in total. The van der Waals surface area contributed by atoms with Crippen LogP contribution in [0, 0.1) is 0 Å². The Kier molecular flexibility index (Phi) is 9.99. The first-order valence-corrected chi connectivity index (χ1v) is 6.67. The molecule has 0 fully saturated rings. The van der Waals surface area contributed by atoms with Gasteiger partial charge < -0.3 is 9.80 Å². The zero-order valence-electron chi connectivity index (χ0n) is 12.6. The molecule has 1 aromatic rings. The minimum absolute atomic E-state index is 0. The molecule has 0 amide bonds. The van der Waals surface area contributed by atoms with Crippen LogP contribution >= 0.6 is 12.4 Å². The molecule has 0 aliphatic rings.